The summed E-state index contributed by atoms with van der Waals surface area (Å²) < 4.78 is 10.8. The number of carbonyl (C=O) groups is 1. The predicted octanol–water partition coefficient (Wildman–Crippen LogP) is 0.394. The molecule has 5 heteroatoms. The fourth-order valence-electron chi connectivity index (χ4n) is 2.41. The molecule has 2 aliphatic rings. The number of carbonyl (C=O) groups excluding carboxylic acids is 1. The van der Waals surface area contributed by atoms with Gasteiger partial charge >= 0.3 is 5.97 Å². The lowest BCUT2D eigenvalue weighted by molar-refractivity contribution is -0.150. The van der Waals surface area contributed by atoms with Crippen LogP contribution in [0.15, 0.2) is 0 Å². The van der Waals surface area contributed by atoms with E-state index in [1.807, 2.05) is 0 Å². The van der Waals surface area contributed by atoms with Crippen molar-refractivity contribution in [1.29, 1.82) is 0 Å². The Hall–Kier alpha value is -0.650. The van der Waals surface area contributed by atoms with Crippen molar-refractivity contribution in [1.82, 2.24) is 10.2 Å². The van der Waals surface area contributed by atoms with Gasteiger partial charge in [0, 0.05) is 19.7 Å². The standard InChI is InChI=1S/C13H24N2O3/c16-13(10-15-7-3-5-14-6-8-15)18-11-12-4-1-2-9-17-12/h12,14H,1-11H2. The molecule has 5 nitrogen and oxygen atoms in total. The van der Waals surface area contributed by atoms with Crippen LogP contribution in [0.4, 0.5) is 0 Å². The molecule has 2 fully saturated rings. The van der Waals surface area contributed by atoms with E-state index >= 15 is 0 Å². The number of hydrogen-bond donors (Lipinski definition) is 1. The second-order valence-electron chi connectivity index (χ2n) is 5.05. The number of ether oxygens (including phenoxy) is 2. The summed E-state index contributed by atoms with van der Waals surface area (Å²) in [5, 5.41) is 3.32. The van der Waals surface area contributed by atoms with Crippen molar-refractivity contribution < 1.29 is 14.3 Å². The second kappa shape index (κ2) is 7.71. The van der Waals surface area contributed by atoms with Crippen LogP contribution < -0.4 is 5.32 Å². The molecular weight excluding hydrogens is 232 g/mol. The highest BCUT2D eigenvalue weighted by Gasteiger charge is 2.18. The van der Waals surface area contributed by atoms with Gasteiger partial charge in [0.25, 0.3) is 0 Å². The summed E-state index contributed by atoms with van der Waals surface area (Å²) in [6.45, 7) is 5.54. The van der Waals surface area contributed by atoms with Crippen LogP contribution >= 0.6 is 0 Å². The van der Waals surface area contributed by atoms with E-state index in [0.717, 1.165) is 52.0 Å². The van der Waals surface area contributed by atoms with Crippen molar-refractivity contribution in [2.45, 2.75) is 31.8 Å². The Kier molecular flexibility index (Phi) is 5.90. The van der Waals surface area contributed by atoms with E-state index in [1.165, 1.54) is 6.42 Å². The van der Waals surface area contributed by atoms with Crippen molar-refractivity contribution >= 4 is 5.97 Å². The molecule has 0 radical (unpaired) electrons. The van der Waals surface area contributed by atoms with Gasteiger partial charge in [-0.05, 0) is 38.8 Å². The predicted molar refractivity (Wildman–Crippen MR) is 68.5 cm³/mol. The van der Waals surface area contributed by atoms with Gasteiger partial charge in [0.05, 0.1) is 12.6 Å². The molecule has 1 N–H and O–H groups in total. The van der Waals surface area contributed by atoms with Crippen LogP contribution in [-0.2, 0) is 14.3 Å². The molecule has 1 unspecified atom stereocenters. The molecule has 2 rings (SSSR count). The summed E-state index contributed by atoms with van der Waals surface area (Å²) in [7, 11) is 0. The lowest BCUT2D eigenvalue weighted by Crippen LogP contribution is -2.35. The maximum Gasteiger partial charge on any atom is 0.320 e. The van der Waals surface area contributed by atoms with Gasteiger partial charge in [-0.3, -0.25) is 9.69 Å². The molecule has 0 bridgehead atoms. The minimum atomic E-state index is -0.119. The first-order valence-corrected chi connectivity index (χ1v) is 7.05. The Morgan fingerprint density at radius 2 is 2.22 bits per heavy atom. The summed E-state index contributed by atoms with van der Waals surface area (Å²) in [6, 6.07) is 0. The van der Waals surface area contributed by atoms with Gasteiger partial charge in [-0.2, -0.15) is 0 Å². The number of esters is 1. The van der Waals surface area contributed by atoms with Crippen molar-refractivity contribution in [3.63, 3.8) is 0 Å². The lowest BCUT2D eigenvalue weighted by Gasteiger charge is -2.23. The molecule has 0 aliphatic carbocycles. The SMILES string of the molecule is O=C(CN1CCCNCC1)OCC1CCCCO1. The van der Waals surface area contributed by atoms with E-state index in [0.29, 0.717) is 13.2 Å². The van der Waals surface area contributed by atoms with Gasteiger partial charge in [-0.1, -0.05) is 0 Å². The summed E-state index contributed by atoms with van der Waals surface area (Å²) in [6.07, 6.45) is 4.54. The number of nitrogens with zero attached hydrogens (tertiary/aromatic N) is 1. The largest absolute Gasteiger partial charge is 0.462 e. The molecule has 0 spiro atoms. The smallest absolute Gasteiger partial charge is 0.320 e. The maximum atomic E-state index is 11.7. The highest BCUT2D eigenvalue weighted by molar-refractivity contribution is 5.71. The van der Waals surface area contributed by atoms with E-state index in [1.54, 1.807) is 0 Å². The Morgan fingerprint density at radius 3 is 3.06 bits per heavy atom. The molecule has 0 aromatic rings. The first-order valence-electron chi connectivity index (χ1n) is 7.05. The van der Waals surface area contributed by atoms with E-state index in [2.05, 4.69) is 10.2 Å². The summed E-state index contributed by atoms with van der Waals surface area (Å²) >= 11 is 0. The Bertz CT molecular complexity index is 247. The third-order valence-electron chi connectivity index (χ3n) is 3.49. The molecule has 2 heterocycles. The normalized spacial score (nSPS) is 26.6. The Morgan fingerprint density at radius 1 is 1.28 bits per heavy atom. The molecule has 18 heavy (non-hydrogen) atoms. The molecule has 0 aromatic heterocycles. The van der Waals surface area contributed by atoms with Gasteiger partial charge in [-0.15, -0.1) is 0 Å². The van der Waals surface area contributed by atoms with E-state index in [4.69, 9.17) is 9.47 Å². The summed E-state index contributed by atoms with van der Waals surface area (Å²) in [5.41, 5.74) is 0. The Labute approximate surface area is 109 Å². The van der Waals surface area contributed by atoms with Gasteiger partial charge in [0.1, 0.15) is 6.61 Å². The van der Waals surface area contributed by atoms with Crippen LogP contribution in [0.3, 0.4) is 0 Å². The molecule has 0 saturated carbocycles. The van der Waals surface area contributed by atoms with Crippen LogP contribution in [0, 0.1) is 0 Å². The van der Waals surface area contributed by atoms with Crippen LogP contribution in [0.2, 0.25) is 0 Å². The van der Waals surface area contributed by atoms with E-state index < -0.39 is 0 Å². The highest BCUT2D eigenvalue weighted by atomic mass is 16.6. The molecule has 1 atom stereocenters. The van der Waals surface area contributed by atoms with Gasteiger partial charge in [-0.25, -0.2) is 0 Å². The molecule has 0 aromatic carbocycles. The summed E-state index contributed by atoms with van der Waals surface area (Å²) in [4.78, 5) is 13.9. The minimum absolute atomic E-state index is 0.119. The first kappa shape index (κ1) is 13.8. The molecular formula is C13H24N2O3. The zero-order valence-corrected chi connectivity index (χ0v) is 11.0. The van der Waals surface area contributed by atoms with Crippen LogP contribution in [0.5, 0.6) is 0 Å². The lowest BCUT2D eigenvalue weighted by atomic mass is 10.1. The van der Waals surface area contributed by atoms with Gasteiger partial charge < -0.3 is 14.8 Å². The maximum absolute atomic E-state index is 11.7. The number of rotatable bonds is 4. The second-order valence-corrected chi connectivity index (χ2v) is 5.05. The van der Waals surface area contributed by atoms with Crippen LogP contribution in [0.25, 0.3) is 0 Å². The highest BCUT2D eigenvalue weighted by Crippen LogP contribution is 2.12. The average Bonchev–Trinajstić information content (AvgIpc) is 2.66. The number of nitrogens with one attached hydrogen (secondary N) is 1. The topological polar surface area (TPSA) is 50.8 Å². The minimum Gasteiger partial charge on any atom is -0.462 e. The van der Waals surface area contributed by atoms with Gasteiger partial charge in [0.2, 0.25) is 0 Å². The molecule has 104 valence electrons. The molecule has 2 aliphatic heterocycles. The first-order chi connectivity index (χ1) is 8.84. The van der Waals surface area contributed by atoms with Crippen molar-refractivity contribution in [2.24, 2.45) is 0 Å². The fraction of sp³-hybridized carbons (Fsp3) is 0.923. The van der Waals surface area contributed by atoms with E-state index in [-0.39, 0.29) is 12.1 Å². The van der Waals surface area contributed by atoms with Crippen molar-refractivity contribution in [3.8, 4) is 0 Å². The fourth-order valence-corrected chi connectivity index (χ4v) is 2.41. The van der Waals surface area contributed by atoms with Crippen LogP contribution in [0.1, 0.15) is 25.7 Å². The van der Waals surface area contributed by atoms with Gasteiger partial charge in [0.15, 0.2) is 0 Å². The van der Waals surface area contributed by atoms with E-state index in [9.17, 15) is 4.79 Å². The monoisotopic (exact) mass is 256 g/mol. The number of hydrogen-bond acceptors (Lipinski definition) is 5. The summed E-state index contributed by atoms with van der Waals surface area (Å²) in [5.74, 6) is -0.119. The quantitative estimate of drug-likeness (QED) is 0.738. The Balaban J connectivity index is 1.61. The molecule has 2 saturated heterocycles. The van der Waals surface area contributed by atoms with Crippen LogP contribution in [-0.4, -0.2) is 62.9 Å². The zero-order chi connectivity index (χ0) is 12.6. The molecule has 0 amide bonds. The van der Waals surface area contributed by atoms with Crippen molar-refractivity contribution in [2.75, 3.05) is 45.9 Å². The third kappa shape index (κ3) is 4.92. The average molecular weight is 256 g/mol. The third-order valence-corrected chi connectivity index (χ3v) is 3.49. The van der Waals surface area contributed by atoms with Crippen molar-refractivity contribution in [3.05, 3.63) is 0 Å². The zero-order valence-electron chi connectivity index (χ0n) is 11.0.